The first-order chi connectivity index (χ1) is 38.2. The number of methoxy groups -OCH3 is 1. The number of ketones is 1. The summed E-state index contributed by atoms with van der Waals surface area (Å²) in [5.74, 6) is -9.11. The number of nitrogens with zero attached hydrogens (tertiary/aromatic N) is 1. The number of thiophene rings is 4. The smallest absolute Gasteiger partial charge is 0.381 e. The number of ether oxygens (including phenoxy) is 1. The lowest BCUT2D eigenvalue weighted by Gasteiger charge is -2.65. The van der Waals surface area contributed by atoms with Gasteiger partial charge in [-0.25, -0.2) is 0 Å². The summed E-state index contributed by atoms with van der Waals surface area (Å²) in [6, 6.07) is 40.6. The van der Waals surface area contributed by atoms with Crippen molar-refractivity contribution in [2.45, 2.75) is 87.9 Å². The average molecular weight is 1120 g/mol. The van der Waals surface area contributed by atoms with E-state index in [9.17, 15) is 27.5 Å². The lowest BCUT2D eigenvalue weighted by atomic mass is 9.38. The predicted octanol–water partition coefficient (Wildman–Crippen LogP) is 16.6. The lowest BCUT2D eigenvalue weighted by Crippen LogP contribution is -2.59. The summed E-state index contributed by atoms with van der Waals surface area (Å²) in [5, 5.41) is 12.5. The number of benzene rings is 3. The normalized spacial score (nSPS) is 29.1. The molecule has 3 aromatic carbocycles. The Morgan fingerprint density at radius 2 is 0.911 bits per heavy atom. The molecule has 0 amide bonds. The van der Waals surface area contributed by atoms with Gasteiger partial charge in [0, 0.05) is 73.3 Å². The molecule has 0 radical (unpaired) electrons. The van der Waals surface area contributed by atoms with Crippen LogP contribution in [-0.2, 0) is 15.6 Å². The van der Waals surface area contributed by atoms with Crippen LogP contribution in [0, 0.1) is 61.2 Å². The van der Waals surface area contributed by atoms with E-state index < -0.39 is 29.1 Å². The zero-order valence-corrected chi connectivity index (χ0v) is 46.9. The number of carbonyl (C=O) groups is 1. The number of carbonyl (C=O) groups excluding carboxylic acids is 1. The molecule has 19 rings (SSSR count). The van der Waals surface area contributed by atoms with Crippen LogP contribution in [0.5, 0.6) is 5.75 Å². The van der Waals surface area contributed by atoms with Crippen molar-refractivity contribution in [3.63, 3.8) is 0 Å². The third kappa shape index (κ3) is 6.09. The molecule has 5 heterocycles. The van der Waals surface area contributed by atoms with E-state index in [0.717, 1.165) is 26.3 Å². The van der Waals surface area contributed by atoms with Crippen LogP contribution in [0.1, 0.15) is 83.4 Å². The minimum atomic E-state index is -5.09. The van der Waals surface area contributed by atoms with E-state index >= 15 is 0 Å². The quantitative estimate of drug-likeness (QED) is 0.0947. The molecule has 0 N–H and O–H groups in total. The van der Waals surface area contributed by atoms with Gasteiger partial charge in [-0.2, -0.15) is 22.1 Å². The predicted molar refractivity (Wildman–Crippen MR) is 305 cm³/mol. The third-order valence-electron chi connectivity index (χ3n) is 21.2. The fourth-order valence-corrected chi connectivity index (χ4v) is 22.9. The van der Waals surface area contributed by atoms with Crippen molar-refractivity contribution < 1.29 is 36.8 Å². The molecule has 8 aromatic rings. The molecule has 11 aliphatic rings. The van der Waals surface area contributed by atoms with Crippen molar-refractivity contribution >= 4 is 56.8 Å². The second-order valence-electron chi connectivity index (χ2n) is 24.5. The summed E-state index contributed by atoms with van der Waals surface area (Å²) in [4.78, 5) is 22.8. The molecule has 12 heteroatoms. The second kappa shape index (κ2) is 16.2. The first-order valence-corrected chi connectivity index (χ1v) is 31.3. The van der Waals surface area contributed by atoms with Gasteiger partial charge in [0.2, 0.25) is 0 Å². The van der Waals surface area contributed by atoms with Gasteiger partial charge in [0.05, 0.1) is 7.11 Å². The first kappa shape index (κ1) is 47.8. The van der Waals surface area contributed by atoms with Crippen molar-refractivity contribution in [1.29, 1.82) is 0 Å². The molecule has 4 nitrogen and oxygen atoms in total. The highest BCUT2D eigenvalue weighted by molar-refractivity contribution is 7.25. The molecule has 8 bridgehead atoms. The molecular formula is C67H53F4NO3S4. The Kier molecular flexibility index (Phi) is 9.79. The summed E-state index contributed by atoms with van der Waals surface area (Å²) < 4.78 is 63.8. The molecular weight excluding hydrogens is 1070 g/mol. The summed E-state index contributed by atoms with van der Waals surface area (Å²) in [6.45, 7) is 4.43. The number of hydrogen-bond acceptors (Lipinski definition) is 7. The third-order valence-corrected chi connectivity index (χ3v) is 25.8. The Hall–Kier alpha value is -5.92. The molecule has 5 aromatic heterocycles. The number of aromatic nitrogens is 1. The molecule has 11 aliphatic carbocycles. The summed E-state index contributed by atoms with van der Waals surface area (Å²) in [7, 11) is 1.69. The summed E-state index contributed by atoms with van der Waals surface area (Å²) >= 11 is 7.39. The molecule has 0 atom stereocenters. The van der Waals surface area contributed by atoms with Crippen LogP contribution < -0.4 is 14.4 Å². The SMILES string of the molecule is COc1ccc(-c2cc3c(s2)-c2sc(-c4cc[n+](C5=C([O-])C(F)(F)C(F)(F)C5=O)cc4)cc2C32C3CC4CC2CC(C3)C4=C2C3CC4CC2CC(C3)C42c3cc(-c4ccc(C)s4)ccc3-c3ccc(-c4ccc(C)s4)cc32)cc1. The Morgan fingerprint density at radius 3 is 1.30 bits per heavy atom. The van der Waals surface area contributed by atoms with E-state index in [1.54, 1.807) is 41.7 Å². The Bertz CT molecular complexity index is 3900. The molecule has 0 saturated heterocycles. The van der Waals surface area contributed by atoms with E-state index in [1.165, 1.54) is 131 Å². The van der Waals surface area contributed by atoms with Crippen LogP contribution in [0.25, 0.3) is 68.3 Å². The Labute approximate surface area is 471 Å². The van der Waals surface area contributed by atoms with Crippen LogP contribution >= 0.6 is 45.3 Å². The average Bonchev–Trinajstić information content (AvgIpc) is 2.01. The molecule has 396 valence electrons. The van der Waals surface area contributed by atoms with E-state index in [4.69, 9.17) is 4.74 Å². The van der Waals surface area contributed by atoms with Gasteiger partial charge in [-0.1, -0.05) is 35.4 Å². The number of hydrogen-bond donors (Lipinski definition) is 0. The fraction of sp³-hybridized carbons (Fsp3) is 0.343. The van der Waals surface area contributed by atoms with Crippen LogP contribution in [0.2, 0.25) is 0 Å². The van der Waals surface area contributed by atoms with E-state index in [-0.39, 0.29) is 10.8 Å². The van der Waals surface area contributed by atoms with Gasteiger partial charge in [0.25, 0.3) is 5.70 Å². The second-order valence-corrected chi connectivity index (χ2v) is 29.2. The van der Waals surface area contributed by atoms with Crippen LogP contribution in [0.3, 0.4) is 0 Å². The number of allylic oxidation sites excluding steroid dienone is 4. The highest BCUT2D eigenvalue weighted by atomic mass is 32.1. The van der Waals surface area contributed by atoms with Crippen LogP contribution in [-0.4, -0.2) is 24.7 Å². The molecule has 8 fully saturated rings. The Morgan fingerprint density at radius 1 is 0.494 bits per heavy atom. The maximum atomic E-state index is 14.4. The standard InChI is InChI=1S/C67H53F4NO3S4/c1-32-4-14-53(76-32)36-8-12-47-48-13-9-37(54-15-5-33(2)77-54)29-50(48)64(49(47)28-36)42-20-38-21-43(64)23-39(22-42)57(38)58-40-24-44-26-41(58)27-45(25-40)65(44)51-30-55(34-6-10-46(75-3)11-7-34)78-60(51)61-52(65)31-56(79-61)35-16-18-72(19-17-35)59-62(73)66(68,69)67(70,71)63(59)74/h4-19,28-31,38-45H,20-27H2,1-3H3. The number of rotatable bonds is 6. The van der Waals surface area contributed by atoms with Crippen LogP contribution in [0.4, 0.5) is 17.6 Å². The Balaban J connectivity index is 0.726. The molecule has 79 heavy (non-hydrogen) atoms. The number of halogens is 4. The van der Waals surface area contributed by atoms with Gasteiger partial charge in [-0.3, -0.25) is 4.79 Å². The zero-order valence-electron chi connectivity index (χ0n) is 43.6. The zero-order chi connectivity index (χ0) is 53.4. The summed E-state index contributed by atoms with van der Waals surface area (Å²) in [6.07, 6.45) is 12.4. The largest absolute Gasteiger partial charge is 0.867 e. The number of pyridine rings is 1. The maximum Gasteiger partial charge on any atom is 0.381 e. The summed E-state index contributed by atoms with van der Waals surface area (Å²) in [5.41, 5.74) is 16.0. The van der Waals surface area contributed by atoms with E-state index in [2.05, 4.69) is 98.8 Å². The van der Waals surface area contributed by atoms with Gasteiger partial charge in [0.1, 0.15) is 5.75 Å². The number of Topliss-reactive ketones (excluding diaryl/α,β-unsaturated/α-hetero) is 1. The van der Waals surface area contributed by atoms with Crippen molar-refractivity contribution in [2.75, 3.05) is 7.11 Å². The lowest BCUT2D eigenvalue weighted by molar-refractivity contribution is -0.582. The number of aryl methyl sites for hydroxylation is 2. The highest BCUT2D eigenvalue weighted by Crippen LogP contribution is 2.76. The number of fused-ring (bicyclic) bond motifs is 6. The van der Waals surface area contributed by atoms with Gasteiger partial charge >= 0.3 is 17.6 Å². The van der Waals surface area contributed by atoms with Crippen molar-refractivity contribution in [3.05, 3.63) is 171 Å². The first-order valence-electron chi connectivity index (χ1n) is 28.0. The topological polar surface area (TPSA) is 53.2 Å². The highest BCUT2D eigenvalue weighted by Gasteiger charge is 2.71. The van der Waals surface area contributed by atoms with Crippen molar-refractivity contribution in [2.24, 2.45) is 47.3 Å². The van der Waals surface area contributed by atoms with E-state index in [0.29, 0.717) is 47.3 Å². The van der Waals surface area contributed by atoms with E-state index in [1.807, 2.05) is 57.3 Å². The van der Waals surface area contributed by atoms with Crippen LogP contribution in [0.15, 0.2) is 138 Å². The number of alkyl halides is 4. The molecule has 0 unspecified atom stereocenters. The minimum Gasteiger partial charge on any atom is -0.867 e. The monoisotopic (exact) mass is 1120 g/mol. The molecule has 2 spiro atoms. The van der Waals surface area contributed by atoms with Gasteiger partial charge in [-0.05, 0) is 235 Å². The van der Waals surface area contributed by atoms with Gasteiger partial charge < -0.3 is 9.84 Å². The van der Waals surface area contributed by atoms with Crippen molar-refractivity contribution in [1.82, 2.24) is 0 Å². The molecule has 0 aliphatic heterocycles. The minimum absolute atomic E-state index is 0.0147. The maximum absolute atomic E-state index is 14.4. The van der Waals surface area contributed by atoms with Gasteiger partial charge in [0.15, 0.2) is 12.4 Å². The van der Waals surface area contributed by atoms with Gasteiger partial charge in [-0.15, -0.1) is 45.3 Å². The van der Waals surface area contributed by atoms with Crippen molar-refractivity contribution in [3.8, 4) is 68.4 Å². The fourth-order valence-electron chi connectivity index (χ4n) is 18.5. The molecule has 8 saturated carbocycles.